The molecule has 2 N–H and O–H groups in total. The van der Waals surface area contributed by atoms with Crippen LogP contribution in [0.25, 0.3) is 0 Å². The maximum absolute atomic E-state index is 6.00. The van der Waals surface area contributed by atoms with Gasteiger partial charge in [-0.15, -0.1) is 0 Å². The van der Waals surface area contributed by atoms with Crippen LogP contribution in [0.3, 0.4) is 0 Å². The topological polar surface area (TPSA) is 29.3 Å². The van der Waals surface area contributed by atoms with E-state index in [1.807, 2.05) is 18.2 Å². The molecule has 2 nitrogen and oxygen atoms in total. The van der Waals surface area contributed by atoms with E-state index in [2.05, 4.69) is 52.1 Å². The van der Waals surface area contributed by atoms with Crippen LogP contribution in [-0.2, 0) is 13.1 Å². The summed E-state index contributed by atoms with van der Waals surface area (Å²) in [6.07, 6.45) is 0. The van der Waals surface area contributed by atoms with Crippen molar-refractivity contribution in [2.45, 2.75) is 13.1 Å². The zero-order valence-corrected chi connectivity index (χ0v) is 13.1. The van der Waals surface area contributed by atoms with Crippen LogP contribution in [0.15, 0.2) is 46.9 Å². The Bertz CT molecular complexity index is 555. The van der Waals surface area contributed by atoms with E-state index in [4.69, 9.17) is 17.3 Å². The highest BCUT2D eigenvalue weighted by atomic mass is 79.9. The summed E-state index contributed by atoms with van der Waals surface area (Å²) < 4.78 is 1.09. The van der Waals surface area contributed by atoms with Crippen molar-refractivity contribution in [1.82, 2.24) is 0 Å². The van der Waals surface area contributed by atoms with E-state index in [0.717, 1.165) is 27.3 Å². The molecule has 0 aliphatic heterocycles. The van der Waals surface area contributed by atoms with Crippen molar-refractivity contribution in [2.24, 2.45) is 5.73 Å². The Hall–Kier alpha value is -1.03. The number of nitrogens with two attached hydrogens (primary N) is 1. The van der Waals surface area contributed by atoms with Crippen LogP contribution in [0, 0.1) is 0 Å². The Labute approximate surface area is 127 Å². The molecule has 2 aromatic carbocycles. The lowest BCUT2D eigenvalue weighted by molar-refractivity contribution is 0.904. The van der Waals surface area contributed by atoms with E-state index in [0.29, 0.717) is 6.54 Å². The summed E-state index contributed by atoms with van der Waals surface area (Å²) in [6.45, 7) is 1.32. The highest BCUT2D eigenvalue weighted by Gasteiger charge is 2.07. The number of hydrogen-bond donors (Lipinski definition) is 1. The van der Waals surface area contributed by atoms with Crippen LogP contribution in [0.2, 0.25) is 5.02 Å². The third-order valence-corrected chi connectivity index (χ3v) is 3.77. The van der Waals surface area contributed by atoms with Gasteiger partial charge in [0.1, 0.15) is 0 Å². The zero-order chi connectivity index (χ0) is 13.8. The number of benzene rings is 2. The summed E-state index contributed by atoms with van der Waals surface area (Å²) in [4.78, 5) is 2.18. The van der Waals surface area contributed by atoms with Gasteiger partial charge in [-0.2, -0.15) is 0 Å². The Morgan fingerprint density at radius 3 is 2.47 bits per heavy atom. The predicted molar refractivity (Wildman–Crippen MR) is 85.6 cm³/mol. The predicted octanol–water partition coefficient (Wildman–Crippen LogP) is 4.20. The maximum Gasteiger partial charge on any atom is 0.0426 e. The molecule has 0 spiro atoms. The number of halogens is 2. The minimum atomic E-state index is 0.487. The molecule has 0 saturated carbocycles. The highest BCUT2D eigenvalue weighted by Crippen LogP contribution is 2.24. The van der Waals surface area contributed by atoms with Crippen molar-refractivity contribution in [1.29, 1.82) is 0 Å². The third-order valence-electron chi connectivity index (χ3n) is 3.01. The summed E-state index contributed by atoms with van der Waals surface area (Å²) in [5, 5.41) is 0.723. The lowest BCUT2D eigenvalue weighted by atomic mass is 10.1. The molecule has 2 rings (SSSR count). The van der Waals surface area contributed by atoms with E-state index < -0.39 is 0 Å². The molecule has 0 unspecified atom stereocenters. The molecule has 4 heteroatoms. The summed E-state index contributed by atoms with van der Waals surface area (Å²) in [5.74, 6) is 0. The van der Waals surface area contributed by atoms with Crippen LogP contribution in [0.1, 0.15) is 11.1 Å². The fourth-order valence-electron chi connectivity index (χ4n) is 2.04. The lowest BCUT2D eigenvalue weighted by Crippen LogP contribution is -2.18. The number of rotatable bonds is 4. The van der Waals surface area contributed by atoms with Gasteiger partial charge in [0.05, 0.1) is 0 Å². The molecule has 0 aromatic heterocycles. The van der Waals surface area contributed by atoms with Crippen molar-refractivity contribution in [3.05, 3.63) is 63.1 Å². The van der Waals surface area contributed by atoms with E-state index >= 15 is 0 Å². The van der Waals surface area contributed by atoms with Crippen LogP contribution in [0.5, 0.6) is 0 Å². The second-order valence-corrected chi connectivity index (χ2v) is 5.81. The van der Waals surface area contributed by atoms with Gasteiger partial charge in [-0.3, -0.25) is 0 Å². The molecule has 0 heterocycles. The number of nitrogens with zero attached hydrogens (tertiary/aromatic N) is 1. The van der Waals surface area contributed by atoms with E-state index in [-0.39, 0.29) is 0 Å². The Balaban J connectivity index is 2.19. The summed E-state index contributed by atoms with van der Waals surface area (Å²) >= 11 is 9.44. The molecule has 0 radical (unpaired) electrons. The van der Waals surface area contributed by atoms with Crippen molar-refractivity contribution in [2.75, 3.05) is 11.9 Å². The first-order valence-corrected chi connectivity index (χ1v) is 7.21. The third kappa shape index (κ3) is 3.72. The van der Waals surface area contributed by atoms with Gasteiger partial charge in [0.25, 0.3) is 0 Å². The molecule has 0 aliphatic carbocycles. The van der Waals surface area contributed by atoms with Gasteiger partial charge in [-0.1, -0.05) is 39.7 Å². The number of anilines is 1. The second kappa shape index (κ2) is 6.42. The molecular formula is C15H16BrClN2. The molecule has 2 aromatic rings. The van der Waals surface area contributed by atoms with Gasteiger partial charge in [0, 0.05) is 35.3 Å². The molecule has 0 saturated heterocycles. The molecule has 0 amide bonds. The van der Waals surface area contributed by atoms with E-state index in [1.54, 1.807) is 0 Å². The van der Waals surface area contributed by atoms with E-state index in [9.17, 15) is 0 Å². The summed E-state index contributed by atoms with van der Waals surface area (Å²) in [5.41, 5.74) is 9.21. The quantitative estimate of drug-likeness (QED) is 0.904. The normalized spacial score (nSPS) is 10.5. The smallest absolute Gasteiger partial charge is 0.0426 e. The second-order valence-electron chi connectivity index (χ2n) is 4.46. The van der Waals surface area contributed by atoms with Crippen LogP contribution >= 0.6 is 27.5 Å². The SMILES string of the molecule is CN(Cc1ccc(Br)cc1)c1ccc(Cl)cc1CN. The van der Waals surface area contributed by atoms with Gasteiger partial charge in [0.15, 0.2) is 0 Å². The standard InChI is InChI=1S/C15H16BrClN2/c1-19(10-11-2-4-13(16)5-3-11)15-7-6-14(17)8-12(15)9-18/h2-8H,9-10,18H2,1H3. The van der Waals surface area contributed by atoms with Crippen molar-refractivity contribution in [3.8, 4) is 0 Å². The Kier molecular flexibility index (Phi) is 4.86. The largest absolute Gasteiger partial charge is 0.370 e. The average molecular weight is 340 g/mol. The Morgan fingerprint density at radius 2 is 1.84 bits per heavy atom. The monoisotopic (exact) mass is 338 g/mol. The first kappa shape index (κ1) is 14.4. The fourth-order valence-corrected chi connectivity index (χ4v) is 2.50. The van der Waals surface area contributed by atoms with Crippen LogP contribution in [-0.4, -0.2) is 7.05 Å². The fraction of sp³-hybridized carbons (Fsp3) is 0.200. The van der Waals surface area contributed by atoms with Crippen molar-refractivity contribution in [3.63, 3.8) is 0 Å². The first-order chi connectivity index (χ1) is 9.10. The van der Waals surface area contributed by atoms with Gasteiger partial charge < -0.3 is 10.6 Å². The average Bonchev–Trinajstić information content (AvgIpc) is 2.41. The molecule has 100 valence electrons. The molecule has 0 aliphatic rings. The highest BCUT2D eigenvalue weighted by molar-refractivity contribution is 9.10. The van der Waals surface area contributed by atoms with Crippen LogP contribution in [0.4, 0.5) is 5.69 Å². The Morgan fingerprint density at radius 1 is 1.16 bits per heavy atom. The van der Waals surface area contributed by atoms with Crippen molar-refractivity contribution < 1.29 is 0 Å². The van der Waals surface area contributed by atoms with Gasteiger partial charge in [-0.05, 0) is 41.5 Å². The summed E-state index contributed by atoms with van der Waals surface area (Å²) in [6, 6.07) is 14.2. The minimum Gasteiger partial charge on any atom is -0.370 e. The number of hydrogen-bond acceptors (Lipinski definition) is 2. The molecular weight excluding hydrogens is 324 g/mol. The maximum atomic E-state index is 6.00. The zero-order valence-electron chi connectivity index (χ0n) is 10.7. The van der Waals surface area contributed by atoms with Gasteiger partial charge in [0.2, 0.25) is 0 Å². The van der Waals surface area contributed by atoms with Gasteiger partial charge >= 0.3 is 0 Å². The van der Waals surface area contributed by atoms with Crippen molar-refractivity contribution >= 4 is 33.2 Å². The molecule has 0 atom stereocenters. The molecule has 0 bridgehead atoms. The van der Waals surface area contributed by atoms with E-state index in [1.165, 1.54) is 5.56 Å². The lowest BCUT2D eigenvalue weighted by Gasteiger charge is -2.22. The first-order valence-electron chi connectivity index (χ1n) is 6.04. The van der Waals surface area contributed by atoms with Gasteiger partial charge in [-0.25, -0.2) is 0 Å². The molecule has 0 fully saturated rings. The molecule has 19 heavy (non-hydrogen) atoms. The summed E-state index contributed by atoms with van der Waals surface area (Å²) in [7, 11) is 2.06. The van der Waals surface area contributed by atoms with Crippen LogP contribution < -0.4 is 10.6 Å². The minimum absolute atomic E-state index is 0.487.